The highest BCUT2D eigenvalue weighted by atomic mass is 32.2. The Balaban J connectivity index is 1.45. The lowest BCUT2D eigenvalue weighted by Crippen LogP contribution is -2.13. The van der Waals surface area contributed by atoms with Gasteiger partial charge in [-0.15, -0.1) is 10.2 Å². The normalized spacial score (nSPS) is 10.6. The van der Waals surface area contributed by atoms with Crippen LogP contribution in [0.2, 0.25) is 0 Å². The smallest absolute Gasteiger partial charge is 0.234 e. The Bertz CT molecular complexity index is 819. The van der Waals surface area contributed by atoms with Gasteiger partial charge in [-0.2, -0.15) is 0 Å². The number of benzene rings is 2. The van der Waals surface area contributed by atoms with Crippen molar-refractivity contribution < 1.29 is 4.79 Å². The topological polar surface area (TPSA) is 54.9 Å². The zero-order chi connectivity index (χ0) is 17.5. The van der Waals surface area contributed by atoms with Gasteiger partial charge in [0.15, 0.2) is 8.68 Å². The lowest BCUT2D eigenvalue weighted by atomic mass is 10.2. The number of hydrogen-bond acceptors (Lipinski definition) is 6. The van der Waals surface area contributed by atoms with Crippen LogP contribution in [0.4, 0.5) is 5.69 Å². The van der Waals surface area contributed by atoms with E-state index in [0.29, 0.717) is 5.75 Å². The van der Waals surface area contributed by atoms with Gasteiger partial charge in [0.2, 0.25) is 5.91 Å². The molecule has 128 valence electrons. The molecule has 1 aromatic heterocycles. The van der Waals surface area contributed by atoms with Gasteiger partial charge in [-0.3, -0.25) is 4.79 Å². The summed E-state index contributed by atoms with van der Waals surface area (Å²) in [6, 6.07) is 18.0. The second kappa shape index (κ2) is 9.03. The van der Waals surface area contributed by atoms with E-state index in [1.807, 2.05) is 49.4 Å². The molecule has 1 heterocycles. The van der Waals surface area contributed by atoms with Crippen molar-refractivity contribution in [1.29, 1.82) is 0 Å². The fourth-order valence-corrected chi connectivity index (χ4v) is 4.77. The summed E-state index contributed by atoms with van der Waals surface area (Å²) in [5, 5.41) is 11.2. The molecule has 0 aliphatic rings. The Hall–Kier alpha value is -1.83. The molecule has 1 N–H and O–H groups in total. The first-order chi connectivity index (χ1) is 12.2. The molecule has 0 saturated heterocycles. The van der Waals surface area contributed by atoms with Crippen LogP contribution in [0, 0.1) is 6.92 Å². The van der Waals surface area contributed by atoms with Crippen molar-refractivity contribution in [3.05, 3.63) is 65.7 Å². The van der Waals surface area contributed by atoms with Crippen molar-refractivity contribution in [2.75, 3.05) is 11.1 Å². The molecule has 0 atom stereocenters. The zero-order valence-electron chi connectivity index (χ0n) is 13.6. The van der Waals surface area contributed by atoms with Gasteiger partial charge < -0.3 is 5.32 Å². The van der Waals surface area contributed by atoms with Crippen molar-refractivity contribution in [2.45, 2.75) is 21.4 Å². The van der Waals surface area contributed by atoms with Gasteiger partial charge >= 0.3 is 0 Å². The van der Waals surface area contributed by atoms with E-state index in [1.54, 1.807) is 11.8 Å². The molecule has 3 rings (SSSR count). The lowest BCUT2D eigenvalue weighted by molar-refractivity contribution is -0.113. The Morgan fingerprint density at radius 1 is 1.00 bits per heavy atom. The molecule has 0 radical (unpaired) electrons. The first-order valence-electron chi connectivity index (χ1n) is 7.68. The second-order valence-corrected chi connectivity index (χ2v) is 8.73. The van der Waals surface area contributed by atoms with Crippen molar-refractivity contribution in [2.24, 2.45) is 0 Å². The van der Waals surface area contributed by atoms with Gasteiger partial charge in [0.05, 0.1) is 5.75 Å². The second-order valence-electron chi connectivity index (χ2n) is 5.31. The average molecular weight is 388 g/mol. The first kappa shape index (κ1) is 18.0. The summed E-state index contributed by atoms with van der Waals surface area (Å²) in [5.41, 5.74) is 3.24. The summed E-state index contributed by atoms with van der Waals surface area (Å²) in [5.74, 6) is 1.16. The lowest BCUT2D eigenvalue weighted by Gasteiger charge is -2.04. The SMILES string of the molecule is Cc1ccc(NC(=O)CSc2nnc(SCc3ccccc3)s2)cc1. The molecule has 25 heavy (non-hydrogen) atoms. The largest absolute Gasteiger partial charge is 0.325 e. The summed E-state index contributed by atoms with van der Waals surface area (Å²) in [7, 11) is 0. The first-order valence-corrected chi connectivity index (χ1v) is 10.5. The molecular formula is C18H17N3OS3. The minimum atomic E-state index is -0.0393. The summed E-state index contributed by atoms with van der Waals surface area (Å²) in [4.78, 5) is 12.0. The number of amides is 1. The van der Waals surface area contributed by atoms with Crippen molar-refractivity contribution in [1.82, 2.24) is 10.2 Å². The molecule has 0 spiro atoms. The molecule has 1 amide bonds. The third-order valence-corrected chi connectivity index (χ3v) is 6.52. The number of hydrogen-bond donors (Lipinski definition) is 1. The van der Waals surface area contributed by atoms with E-state index in [-0.39, 0.29) is 5.91 Å². The van der Waals surface area contributed by atoms with E-state index >= 15 is 0 Å². The number of aromatic nitrogens is 2. The number of aryl methyl sites for hydroxylation is 1. The quantitative estimate of drug-likeness (QED) is 0.586. The molecule has 7 heteroatoms. The van der Waals surface area contributed by atoms with Crippen LogP contribution in [0.25, 0.3) is 0 Å². The van der Waals surface area contributed by atoms with E-state index < -0.39 is 0 Å². The van der Waals surface area contributed by atoms with Crippen molar-refractivity contribution in [3.63, 3.8) is 0 Å². The van der Waals surface area contributed by atoms with Crippen molar-refractivity contribution in [3.8, 4) is 0 Å². The van der Waals surface area contributed by atoms with Crippen LogP contribution in [0.5, 0.6) is 0 Å². The van der Waals surface area contributed by atoms with Gasteiger partial charge in [-0.05, 0) is 24.6 Å². The predicted octanol–water partition coefficient (Wildman–Crippen LogP) is 4.87. The number of nitrogens with zero attached hydrogens (tertiary/aromatic N) is 2. The van der Waals surface area contributed by atoms with E-state index in [9.17, 15) is 4.79 Å². The van der Waals surface area contributed by atoms with E-state index in [0.717, 1.165) is 20.1 Å². The Labute approximate surface area is 159 Å². The molecule has 3 aromatic rings. The van der Waals surface area contributed by atoms with E-state index in [4.69, 9.17) is 0 Å². The fourth-order valence-electron chi connectivity index (χ4n) is 1.99. The standard InChI is InChI=1S/C18H17N3OS3/c1-13-7-9-15(10-8-13)19-16(22)12-24-18-21-20-17(25-18)23-11-14-5-3-2-4-6-14/h2-10H,11-12H2,1H3,(H,19,22). The molecule has 4 nitrogen and oxygen atoms in total. The maximum Gasteiger partial charge on any atom is 0.234 e. The molecule has 2 aromatic carbocycles. The van der Waals surface area contributed by atoms with Crippen molar-refractivity contribution >= 4 is 46.5 Å². The molecule has 0 saturated carbocycles. The summed E-state index contributed by atoms with van der Waals surface area (Å²) in [6.07, 6.45) is 0. The zero-order valence-corrected chi connectivity index (χ0v) is 16.1. The van der Waals surface area contributed by atoms with Crippen LogP contribution in [0.15, 0.2) is 63.3 Å². The summed E-state index contributed by atoms with van der Waals surface area (Å²) >= 11 is 4.60. The fraction of sp³-hybridized carbons (Fsp3) is 0.167. The number of thioether (sulfide) groups is 2. The van der Waals surface area contributed by atoms with Crippen LogP contribution in [0.3, 0.4) is 0 Å². The summed E-state index contributed by atoms with van der Waals surface area (Å²) in [6.45, 7) is 2.02. The molecule has 0 bridgehead atoms. The molecular weight excluding hydrogens is 370 g/mol. The number of anilines is 1. The van der Waals surface area contributed by atoms with Gasteiger partial charge in [-0.25, -0.2) is 0 Å². The molecule has 0 fully saturated rings. The Morgan fingerprint density at radius 2 is 1.68 bits per heavy atom. The van der Waals surface area contributed by atoms with E-state index in [2.05, 4.69) is 27.6 Å². The number of carbonyl (C=O) groups excluding carboxylic acids is 1. The molecule has 0 unspecified atom stereocenters. The van der Waals surface area contributed by atoms with Crippen LogP contribution < -0.4 is 5.32 Å². The minimum Gasteiger partial charge on any atom is -0.325 e. The average Bonchev–Trinajstić information content (AvgIpc) is 3.09. The Kier molecular flexibility index (Phi) is 6.49. The monoisotopic (exact) mass is 387 g/mol. The van der Waals surface area contributed by atoms with Crippen LogP contribution in [0.1, 0.15) is 11.1 Å². The van der Waals surface area contributed by atoms with E-state index in [1.165, 1.54) is 34.2 Å². The highest BCUT2D eigenvalue weighted by Crippen LogP contribution is 2.30. The van der Waals surface area contributed by atoms with Crippen LogP contribution >= 0.6 is 34.9 Å². The van der Waals surface area contributed by atoms with Crippen LogP contribution in [-0.4, -0.2) is 21.9 Å². The third kappa shape index (κ3) is 5.88. The highest BCUT2D eigenvalue weighted by Gasteiger charge is 2.09. The maximum absolute atomic E-state index is 12.0. The van der Waals surface area contributed by atoms with Gasteiger partial charge in [-0.1, -0.05) is 82.9 Å². The Morgan fingerprint density at radius 3 is 2.40 bits per heavy atom. The van der Waals surface area contributed by atoms with Gasteiger partial charge in [0, 0.05) is 11.4 Å². The van der Waals surface area contributed by atoms with Gasteiger partial charge in [0.1, 0.15) is 0 Å². The van der Waals surface area contributed by atoms with Gasteiger partial charge in [0.25, 0.3) is 0 Å². The number of nitrogens with one attached hydrogen (secondary N) is 1. The number of rotatable bonds is 7. The minimum absolute atomic E-state index is 0.0393. The molecule has 0 aliphatic heterocycles. The molecule has 0 aliphatic carbocycles. The number of carbonyl (C=O) groups is 1. The third-order valence-electron chi connectivity index (χ3n) is 3.26. The van der Waals surface area contributed by atoms with Crippen LogP contribution in [-0.2, 0) is 10.5 Å². The highest BCUT2D eigenvalue weighted by molar-refractivity contribution is 8.03. The predicted molar refractivity (Wildman–Crippen MR) is 106 cm³/mol. The maximum atomic E-state index is 12.0. The summed E-state index contributed by atoms with van der Waals surface area (Å²) < 4.78 is 1.74.